The van der Waals surface area contributed by atoms with Gasteiger partial charge < -0.3 is 10.5 Å². The van der Waals surface area contributed by atoms with Crippen LogP contribution in [0, 0.1) is 6.92 Å². The first-order chi connectivity index (χ1) is 14.0. The quantitative estimate of drug-likeness (QED) is 0.753. The number of aryl methyl sites for hydroxylation is 1. The second-order valence-corrected chi connectivity index (χ2v) is 7.68. The SMILES string of the molecule is Cc1ccc(C2CC(C(=O)NN3CCOCC3)=NN2c2ccc(N)cc2Cl)cc1. The summed E-state index contributed by atoms with van der Waals surface area (Å²) in [6.07, 6.45) is 0.486. The first-order valence-electron chi connectivity index (χ1n) is 9.63. The van der Waals surface area contributed by atoms with Crippen LogP contribution in [0.15, 0.2) is 47.6 Å². The molecule has 7 nitrogen and oxygen atoms in total. The minimum absolute atomic E-state index is 0.123. The van der Waals surface area contributed by atoms with Crippen LogP contribution in [0.1, 0.15) is 23.6 Å². The Morgan fingerprint density at radius 3 is 2.62 bits per heavy atom. The molecular formula is C21H24ClN5O2. The number of morpholine rings is 1. The van der Waals surface area contributed by atoms with E-state index in [1.54, 1.807) is 12.1 Å². The maximum Gasteiger partial charge on any atom is 0.281 e. The van der Waals surface area contributed by atoms with Crippen LogP contribution in [0.25, 0.3) is 0 Å². The van der Waals surface area contributed by atoms with E-state index in [1.165, 1.54) is 5.56 Å². The van der Waals surface area contributed by atoms with E-state index in [1.807, 2.05) is 23.0 Å². The van der Waals surface area contributed by atoms with Crippen molar-refractivity contribution in [3.63, 3.8) is 0 Å². The summed E-state index contributed by atoms with van der Waals surface area (Å²) in [7, 11) is 0. The smallest absolute Gasteiger partial charge is 0.281 e. The van der Waals surface area contributed by atoms with Crippen LogP contribution in [0.3, 0.4) is 0 Å². The molecule has 8 heteroatoms. The highest BCUT2D eigenvalue weighted by atomic mass is 35.5. The van der Waals surface area contributed by atoms with Gasteiger partial charge in [-0.2, -0.15) is 5.10 Å². The van der Waals surface area contributed by atoms with Gasteiger partial charge in [-0.3, -0.25) is 15.2 Å². The fourth-order valence-corrected chi connectivity index (χ4v) is 3.79. The maximum atomic E-state index is 12.9. The first kappa shape index (κ1) is 19.7. The predicted octanol–water partition coefficient (Wildman–Crippen LogP) is 2.90. The summed E-state index contributed by atoms with van der Waals surface area (Å²) in [4.78, 5) is 12.9. The van der Waals surface area contributed by atoms with Crippen LogP contribution in [-0.2, 0) is 9.53 Å². The zero-order chi connectivity index (χ0) is 20.4. The van der Waals surface area contributed by atoms with Gasteiger partial charge in [-0.1, -0.05) is 41.4 Å². The number of ether oxygens (including phenoxy) is 1. The van der Waals surface area contributed by atoms with Crippen molar-refractivity contribution in [2.45, 2.75) is 19.4 Å². The van der Waals surface area contributed by atoms with Crippen LogP contribution < -0.4 is 16.2 Å². The van der Waals surface area contributed by atoms with Gasteiger partial charge in [0.2, 0.25) is 0 Å². The first-order valence-corrected chi connectivity index (χ1v) is 10.0. The number of hydrazone groups is 1. The number of nitrogen functional groups attached to an aromatic ring is 1. The largest absolute Gasteiger partial charge is 0.399 e. The zero-order valence-electron chi connectivity index (χ0n) is 16.3. The predicted molar refractivity (Wildman–Crippen MR) is 115 cm³/mol. The summed E-state index contributed by atoms with van der Waals surface area (Å²) in [6, 6.07) is 13.5. The zero-order valence-corrected chi connectivity index (χ0v) is 17.0. The highest BCUT2D eigenvalue weighted by Crippen LogP contribution is 2.39. The van der Waals surface area contributed by atoms with E-state index in [0.717, 1.165) is 11.3 Å². The summed E-state index contributed by atoms with van der Waals surface area (Å²) in [5.74, 6) is -0.196. The molecule has 0 aliphatic carbocycles. The number of carbonyl (C=O) groups excluding carboxylic acids is 1. The third-order valence-corrected chi connectivity index (χ3v) is 5.43. The van der Waals surface area contributed by atoms with Crippen LogP contribution in [0.4, 0.5) is 11.4 Å². The van der Waals surface area contributed by atoms with Crippen LogP contribution >= 0.6 is 11.6 Å². The number of nitrogens with one attached hydrogen (secondary N) is 1. The van der Waals surface area contributed by atoms with Gasteiger partial charge in [0, 0.05) is 25.2 Å². The Bertz CT molecular complexity index is 925. The second kappa shape index (κ2) is 8.41. The van der Waals surface area contributed by atoms with E-state index < -0.39 is 0 Å². The number of nitrogens with two attached hydrogens (primary N) is 1. The third-order valence-electron chi connectivity index (χ3n) is 5.12. The Hall–Kier alpha value is -2.61. The summed E-state index contributed by atoms with van der Waals surface area (Å²) >= 11 is 6.46. The molecule has 0 spiro atoms. The van der Waals surface area contributed by atoms with Crippen LogP contribution in [-0.4, -0.2) is 42.9 Å². The van der Waals surface area contributed by atoms with Gasteiger partial charge in [-0.05, 0) is 30.7 Å². The minimum Gasteiger partial charge on any atom is -0.399 e. The van der Waals surface area contributed by atoms with Gasteiger partial charge in [0.1, 0.15) is 5.71 Å². The lowest BCUT2D eigenvalue weighted by Crippen LogP contribution is -2.50. The number of amides is 1. The third kappa shape index (κ3) is 4.37. The van der Waals surface area contributed by atoms with Gasteiger partial charge in [0.15, 0.2) is 0 Å². The molecule has 4 rings (SSSR count). The summed E-state index contributed by atoms with van der Waals surface area (Å²) in [6.45, 7) is 4.57. The Morgan fingerprint density at radius 1 is 1.21 bits per heavy atom. The highest BCUT2D eigenvalue weighted by molar-refractivity contribution is 6.40. The maximum absolute atomic E-state index is 12.9. The van der Waals surface area contributed by atoms with Gasteiger partial charge in [0.05, 0.1) is 30.0 Å². The number of hydrazine groups is 1. The van der Waals surface area contributed by atoms with Crippen molar-refractivity contribution < 1.29 is 9.53 Å². The van der Waals surface area contributed by atoms with Crippen LogP contribution in [0.5, 0.6) is 0 Å². The Morgan fingerprint density at radius 2 is 1.93 bits per heavy atom. The fraction of sp³-hybridized carbons (Fsp3) is 0.333. The minimum atomic E-state index is -0.196. The molecule has 0 bridgehead atoms. The van der Waals surface area contributed by atoms with Crippen LogP contribution in [0.2, 0.25) is 5.02 Å². The number of carbonyl (C=O) groups is 1. The molecule has 152 valence electrons. The van der Waals surface area contributed by atoms with E-state index in [-0.39, 0.29) is 11.9 Å². The Labute approximate surface area is 175 Å². The molecule has 1 saturated heterocycles. The van der Waals surface area contributed by atoms with Gasteiger partial charge in [-0.25, -0.2) is 5.01 Å². The molecule has 0 aromatic heterocycles. The molecule has 2 aromatic rings. The lowest BCUT2D eigenvalue weighted by atomic mass is 10.00. The topological polar surface area (TPSA) is 83.2 Å². The number of benzene rings is 2. The molecule has 2 aliphatic heterocycles. The number of hydrogen-bond donors (Lipinski definition) is 2. The summed E-state index contributed by atoms with van der Waals surface area (Å²) in [5, 5.41) is 8.84. The lowest BCUT2D eigenvalue weighted by molar-refractivity contribution is -0.121. The van der Waals surface area contributed by atoms with Crippen molar-refractivity contribution in [1.29, 1.82) is 0 Å². The number of nitrogens with zero attached hydrogens (tertiary/aromatic N) is 3. The monoisotopic (exact) mass is 413 g/mol. The molecule has 1 unspecified atom stereocenters. The van der Waals surface area contributed by atoms with Gasteiger partial charge in [0.25, 0.3) is 5.91 Å². The standard InChI is InChI=1S/C21H24ClN5O2/c1-14-2-4-15(5-3-14)20-13-18(21(28)25-26-8-10-29-11-9-26)24-27(20)19-7-6-16(23)12-17(19)22/h2-7,12,20H,8-11,13,23H2,1H3,(H,25,28). The fourth-order valence-electron chi connectivity index (χ4n) is 3.51. The molecule has 1 atom stereocenters. The van der Waals surface area contributed by atoms with Crippen molar-refractivity contribution in [2.24, 2.45) is 5.10 Å². The normalized spacial score (nSPS) is 19.9. The van der Waals surface area contributed by atoms with Gasteiger partial charge >= 0.3 is 0 Å². The molecule has 1 amide bonds. The Kier molecular flexibility index (Phi) is 5.71. The van der Waals surface area contributed by atoms with Gasteiger partial charge in [-0.15, -0.1) is 0 Å². The summed E-state index contributed by atoms with van der Waals surface area (Å²) in [5.41, 5.74) is 12.8. The average Bonchev–Trinajstić information content (AvgIpc) is 3.14. The molecule has 3 N–H and O–H groups in total. The van der Waals surface area contributed by atoms with Crippen molar-refractivity contribution >= 4 is 34.6 Å². The molecule has 0 saturated carbocycles. The average molecular weight is 414 g/mol. The molecule has 2 aliphatic rings. The number of hydrogen-bond acceptors (Lipinski definition) is 6. The van der Waals surface area contributed by atoms with Crippen molar-refractivity contribution in [2.75, 3.05) is 37.0 Å². The number of rotatable bonds is 4. The van der Waals surface area contributed by atoms with Crippen molar-refractivity contribution in [3.8, 4) is 0 Å². The highest BCUT2D eigenvalue weighted by Gasteiger charge is 2.34. The molecule has 1 fully saturated rings. The van der Waals surface area contributed by atoms with E-state index in [0.29, 0.717) is 49.1 Å². The Balaban J connectivity index is 1.62. The molecular weight excluding hydrogens is 390 g/mol. The van der Waals surface area contributed by atoms with E-state index in [9.17, 15) is 4.79 Å². The van der Waals surface area contributed by atoms with Crippen molar-refractivity contribution in [1.82, 2.24) is 10.4 Å². The number of halogens is 1. The lowest BCUT2D eigenvalue weighted by Gasteiger charge is -2.26. The molecule has 29 heavy (non-hydrogen) atoms. The molecule has 2 heterocycles. The van der Waals surface area contributed by atoms with Crippen molar-refractivity contribution in [3.05, 3.63) is 58.6 Å². The molecule has 2 aromatic carbocycles. The summed E-state index contributed by atoms with van der Waals surface area (Å²) < 4.78 is 5.33. The van der Waals surface area contributed by atoms with E-state index >= 15 is 0 Å². The number of anilines is 2. The van der Waals surface area contributed by atoms with E-state index in [4.69, 9.17) is 22.1 Å². The molecule has 0 radical (unpaired) electrons. The van der Waals surface area contributed by atoms with E-state index in [2.05, 4.69) is 34.8 Å². The second-order valence-electron chi connectivity index (χ2n) is 7.27.